The van der Waals surface area contributed by atoms with Crippen LogP contribution < -0.4 is 5.32 Å². The fourth-order valence-electron chi connectivity index (χ4n) is 4.21. The second-order valence-electron chi connectivity index (χ2n) is 8.58. The highest BCUT2D eigenvalue weighted by molar-refractivity contribution is 7.99. The standard InChI is InChI=1S/C28H27N5OS2/c1-4-33-24(16-22-10-7-9-20-8-5-6-11-23(20)22)31-32-28(33)35-17-25(34)29-27-30-26(19(3)36-27)21-14-12-18(2)13-15-21/h5-15H,4,16-17H2,1-3H3,(H,29,30,34). The highest BCUT2D eigenvalue weighted by Crippen LogP contribution is 2.31. The molecule has 0 fully saturated rings. The van der Waals surface area contributed by atoms with Gasteiger partial charge in [-0.1, -0.05) is 84.1 Å². The molecule has 0 saturated carbocycles. The third kappa shape index (κ3) is 5.20. The molecule has 0 unspecified atom stereocenters. The SMILES string of the molecule is CCn1c(Cc2cccc3ccccc23)nnc1SCC(=O)Nc1nc(-c2ccc(C)cc2)c(C)s1. The van der Waals surface area contributed by atoms with Gasteiger partial charge in [-0.2, -0.15) is 0 Å². The number of benzene rings is 3. The second kappa shape index (κ2) is 10.6. The Kier molecular flexibility index (Phi) is 7.16. The third-order valence-electron chi connectivity index (χ3n) is 6.04. The fraction of sp³-hybridized carbons (Fsp3) is 0.214. The van der Waals surface area contributed by atoms with Gasteiger partial charge < -0.3 is 9.88 Å². The van der Waals surface area contributed by atoms with Crippen LogP contribution in [0.4, 0.5) is 5.13 Å². The molecule has 0 aliphatic heterocycles. The van der Waals surface area contributed by atoms with E-state index in [4.69, 9.17) is 0 Å². The molecule has 0 spiro atoms. The van der Waals surface area contributed by atoms with Gasteiger partial charge in [-0.15, -0.1) is 21.5 Å². The van der Waals surface area contributed by atoms with E-state index in [0.717, 1.165) is 33.7 Å². The molecule has 8 heteroatoms. The molecular weight excluding hydrogens is 486 g/mol. The molecular formula is C28H27N5OS2. The lowest BCUT2D eigenvalue weighted by Crippen LogP contribution is -2.14. The summed E-state index contributed by atoms with van der Waals surface area (Å²) in [5.41, 5.74) is 4.39. The number of aryl methyl sites for hydroxylation is 2. The molecule has 5 aromatic rings. The zero-order valence-corrected chi connectivity index (χ0v) is 22.1. The highest BCUT2D eigenvalue weighted by Gasteiger charge is 2.16. The van der Waals surface area contributed by atoms with E-state index in [2.05, 4.69) is 106 Å². The van der Waals surface area contributed by atoms with Crippen LogP contribution in [0.5, 0.6) is 0 Å². The van der Waals surface area contributed by atoms with E-state index >= 15 is 0 Å². The molecule has 182 valence electrons. The van der Waals surface area contributed by atoms with Crippen molar-refractivity contribution in [3.63, 3.8) is 0 Å². The van der Waals surface area contributed by atoms with Crippen molar-refractivity contribution in [2.75, 3.05) is 11.1 Å². The number of nitrogens with one attached hydrogen (secondary N) is 1. The van der Waals surface area contributed by atoms with Gasteiger partial charge in [-0.25, -0.2) is 4.98 Å². The Hall–Kier alpha value is -3.49. The normalized spacial score (nSPS) is 11.2. The van der Waals surface area contributed by atoms with Crippen molar-refractivity contribution in [1.82, 2.24) is 19.7 Å². The van der Waals surface area contributed by atoms with Gasteiger partial charge in [0.25, 0.3) is 0 Å². The van der Waals surface area contributed by atoms with Gasteiger partial charge in [0.2, 0.25) is 5.91 Å². The molecule has 0 atom stereocenters. The summed E-state index contributed by atoms with van der Waals surface area (Å²) in [6.45, 7) is 6.90. The Morgan fingerprint density at radius 2 is 1.78 bits per heavy atom. The van der Waals surface area contributed by atoms with Gasteiger partial charge in [0, 0.05) is 23.4 Å². The van der Waals surface area contributed by atoms with Crippen molar-refractivity contribution in [1.29, 1.82) is 0 Å². The monoisotopic (exact) mass is 513 g/mol. The van der Waals surface area contributed by atoms with Crippen LogP contribution in [0.1, 0.15) is 28.8 Å². The first-order valence-corrected chi connectivity index (χ1v) is 13.7. The average Bonchev–Trinajstić information content (AvgIpc) is 3.45. The quantitative estimate of drug-likeness (QED) is 0.239. The van der Waals surface area contributed by atoms with Gasteiger partial charge in [0.1, 0.15) is 5.82 Å². The van der Waals surface area contributed by atoms with Crippen molar-refractivity contribution in [3.05, 3.63) is 88.6 Å². The van der Waals surface area contributed by atoms with E-state index in [1.165, 1.54) is 45.0 Å². The van der Waals surface area contributed by atoms with Crippen LogP contribution in [0.3, 0.4) is 0 Å². The molecule has 1 N–H and O–H groups in total. The molecule has 5 rings (SSSR count). The minimum Gasteiger partial charge on any atom is -0.306 e. The molecule has 2 aromatic heterocycles. The Morgan fingerprint density at radius 1 is 1.00 bits per heavy atom. The highest BCUT2D eigenvalue weighted by atomic mass is 32.2. The Bertz CT molecular complexity index is 1520. The van der Waals surface area contributed by atoms with E-state index in [1.54, 1.807) is 0 Å². The largest absolute Gasteiger partial charge is 0.306 e. The number of hydrogen-bond acceptors (Lipinski definition) is 6. The van der Waals surface area contributed by atoms with Crippen LogP contribution in [0, 0.1) is 13.8 Å². The Balaban J connectivity index is 1.25. The minimum absolute atomic E-state index is 0.106. The maximum absolute atomic E-state index is 12.7. The molecule has 0 aliphatic carbocycles. The number of amides is 1. The predicted octanol–water partition coefficient (Wildman–Crippen LogP) is 6.51. The molecule has 6 nitrogen and oxygen atoms in total. The fourth-order valence-corrected chi connectivity index (χ4v) is 5.88. The van der Waals surface area contributed by atoms with Gasteiger partial charge in [0.15, 0.2) is 10.3 Å². The number of carbonyl (C=O) groups excluding carboxylic acids is 1. The Labute approximate surface area is 218 Å². The number of thiazole rings is 1. The van der Waals surface area contributed by atoms with E-state index in [1.807, 2.05) is 6.92 Å². The van der Waals surface area contributed by atoms with E-state index in [9.17, 15) is 4.79 Å². The third-order valence-corrected chi connectivity index (χ3v) is 7.89. The minimum atomic E-state index is -0.106. The van der Waals surface area contributed by atoms with Gasteiger partial charge in [-0.05, 0) is 37.1 Å². The number of aromatic nitrogens is 4. The molecule has 3 aromatic carbocycles. The molecule has 0 saturated heterocycles. The lowest BCUT2D eigenvalue weighted by Gasteiger charge is -2.09. The predicted molar refractivity (Wildman–Crippen MR) is 149 cm³/mol. The molecule has 0 bridgehead atoms. The molecule has 36 heavy (non-hydrogen) atoms. The number of carbonyl (C=O) groups is 1. The maximum atomic E-state index is 12.7. The number of hydrogen-bond donors (Lipinski definition) is 1. The van der Waals surface area contributed by atoms with E-state index < -0.39 is 0 Å². The lowest BCUT2D eigenvalue weighted by atomic mass is 10.0. The summed E-state index contributed by atoms with van der Waals surface area (Å²) in [7, 11) is 0. The van der Waals surface area contributed by atoms with Gasteiger partial charge in [0.05, 0.1) is 11.4 Å². The summed E-state index contributed by atoms with van der Waals surface area (Å²) in [4.78, 5) is 18.4. The van der Waals surface area contributed by atoms with E-state index in [-0.39, 0.29) is 11.7 Å². The zero-order valence-electron chi connectivity index (χ0n) is 20.5. The number of rotatable bonds is 8. The van der Waals surface area contributed by atoms with Crippen LogP contribution in [-0.2, 0) is 17.8 Å². The first kappa shape index (κ1) is 24.2. The van der Waals surface area contributed by atoms with Crippen LogP contribution in [0.25, 0.3) is 22.0 Å². The summed E-state index contributed by atoms with van der Waals surface area (Å²) in [5, 5.41) is 15.6. The summed E-state index contributed by atoms with van der Waals surface area (Å²) in [6, 6.07) is 23.0. The van der Waals surface area contributed by atoms with Crippen molar-refractivity contribution in [3.8, 4) is 11.3 Å². The first-order chi connectivity index (χ1) is 17.5. The lowest BCUT2D eigenvalue weighted by molar-refractivity contribution is -0.113. The van der Waals surface area contributed by atoms with Crippen LogP contribution in [-0.4, -0.2) is 31.4 Å². The van der Waals surface area contributed by atoms with Crippen LogP contribution in [0.15, 0.2) is 71.9 Å². The van der Waals surface area contributed by atoms with Gasteiger partial charge >= 0.3 is 0 Å². The van der Waals surface area contributed by atoms with Crippen molar-refractivity contribution < 1.29 is 4.79 Å². The molecule has 1 amide bonds. The van der Waals surface area contributed by atoms with Crippen molar-refractivity contribution in [2.24, 2.45) is 0 Å². The second-order valence-corrected chi connectivity index (χ2v) is 10.7. The van der Waals surface area contributed by atoms with Gasteiger partial charge in [-0.3, -0.25) is 4.79 Å². The number of thioether (sulfide) groups is 1. The van der Waals surface area contributed by atoms with Crippen molar-refractivity contribution in [2.45, 2.75) is 38.9 Å². The molecule has 0 aliphatic rings. The maximum Gasteiger partial charge on any atom is 0.236 e. The summed E-state index contributed by atoms with van der Waals surface area (Å²) >= 11 is 2.89. The molecule has 2 heterocycles. The van der Waals surface area contributed by atoms with Crippen LogP contribution >= 0.6 is 23.1 Å². The van der Waals surface area contributed by atoms with Crippen molar-refractivity contribution >= 4 is 44.9 Å². The molecule has 0 radical (unpaired) electrons. The topological polar surface area (TPSA) is 72.7 Å². The zero-order chi connectivity index (χ0) is 25.1. The van der Waals surface area contributed by atoms with Crippen LogP contribution in [0.2, 0.25) is 0 Å². The summed E-state index contributed by atoms with van der Waals surface area (Å²) in [5.74, 6) is 1.03. The van der Waals surface area contributed by atoms with E-state index in [0.29, 0.717) is 11.6 Å². The first-order valence-electron chi connectivity index (χ1n) is 11.9. The average molecular weight is 514 g/mol. The summed E-state index contributed by atoms with van der Waals surface area (Å²) < 4.78 is 2.09. The summed E-state index contributed by atoms with van der Waals surface area (Å²) in [6.07, 6.45) is 0.690. The number of fused-ring (bicyclic) bond motifs is 1. The smallest absolute Gasteiger partial charge is 0.236 e. The number of anilines is 1. The Morgan fingerprint density at radius 3 is 2.58 bits per heavy atom. The number of nitrogens with zero attached hydrogens (tertiary/aromatic N) is 4.